The van der Waals surface area contributed by atoms with Crippen LogP contribution in [0.5, 0.6) is 0 Å². The van der Waals surface area contributed by atoms with Crippen LogP contribution in [0.3, 0.4) is 0 Å². The first-order valence-electron chi connectivity index (χ1n) is 8.91. The van der Waals surface area contributed by atoms with Gasteiger partial charge in [0.1, 0.15) is 5.82 Å². The minimum atomic E-state index is -0.199. The van der Waals surface area contributed by atoms with Crippen molar-refractivity contribution in [2.75, 3.05) is 5.32 Å². The third kappa shape index (κ3) is 3.41. The fourth-order valence-corrected chi connectivity index (χ4v) is 3.67. The molecule has 3 heterocycles. The van der Waals surface area contributed by atoms with Gasteiger partial charge in [0, 0.05) is 16.8 Å². The molecule has 7 nitrogen and oxygen atoms in total. The molecule has 2 aromatic carbocycles. The van der Waals surface area contributed by atoms with Crippen molar-refractivity contribution in [1.29, 1.82) is 0 Å². The second-order valence-corrected chi connectivity index (χ2v) is 7.42. The van der Waals surface area contributed by atoms with E-state index in [1.807, 2.05) is 35.7 Å². The number of benzene rings is 2. The van der Waals surface area contributed by atoms with Crippen molar-refractivity contribution in [2.24, 2.45) is 0 Å². The quantitative estimate of drug-likeness (QED) is 0.446. The van der Waals surface area contributed by atoms with Crippen LogP contribution in [-0.4, -0.2) is 26.0 Å². The summed E-state index contributed by atoms with van der Waals surface area (Å²) < 4.78 is 5.15. The molecule has 0 aliphatic carbocycles. The highest BCUT2D eigenvalue weighted by atomic mass is 32.1. The summed E-state index contributed by atoms with van der Waals surface area (Å²) in [5.74, 6) is 1.62. The van der Waals surface area contributed by atoms with Crippen molar-refractivity contribution in [2.45, 2.75) is 6.92 Å². The SMILES string of the molecule is Cc1noc(-c2ccc(C(=O)Nc3ccc4nc(-c5cccs5)[nH]c4c3)cc2)n1. The number of imidazole rings is 1. The second-order valence-electron chi connectivity index (χ2n) is 6.47. The van der Waals surface area contributed by atoms with E-state index in [4.69, 9.17) is 4.52 Å². The first-order valence-corrected chi connectivity index (χ1v) is 9.79. The Morgan fingerprint density at radius 3 is 2.69 bits per heavy atom. The van der Waals surface area contributed by atoms with Crippen LogP contribution in [-0.2, 0) is 0 Å². The van der Waals surface area contributed by atoms with Crippen LogP contribution >= 0.6 is 11.3 Å². The van der Waals surface area contributed by atoms with E-state index in [9.17, 15) is 4.79 Å². The summed E-state index contributed by atoms with van der Waals surface area (Å²) in [7, 11) is 0. The Bertz CT molecular complexity index is 1300. The lowest BCUT2D eigenvalue weighted by Gasteiger charge is -2.05. The summed E-state index contributed by atoms with van der Waals surface area (Å²) in [5, 5.41) is 8.71. The minimum absolute atomic E-state index is 0.199. The fraction of sp³-hybridized carbons (Fsp3) is 0.0476. The number of amides is 1. The number of aromatic nitrogens is 4. The maximum absolute atomic E-state index is 12.6. The molecule has 2 N–H and O–H groups in total. The van der Waals surface area contributed by atoms with Crippen molar-refractivity contribution in [3.05, 3.63) is 71.4 Å². The zero-order valence-electron chi connectivity index (χ0n) is 15.3. The van der Waals surface area contributed by atoms with E-state index in [0.29, 0.717) is 23.0 Å². The third-order valence-corrected chi connectivity index (χ3v) is 5.29. The van der Waals surface area contributed by atoms with Gasteiger partial charge >= 0.3 is 0 Å². The maximum atomic E-state index is 12.6. The number of hydrogen-bond donors (Lipinski definition) is 2. The highest BCUT2D eigenvalue weighted by molar-refractivity contribution is 7.13. The van der Waals surface area contributed by atoms with E-state index in [2.05, 4.69) is 25.4 Å². The molecule has 0 unspecified atom stereocenters. The van der Waals surface area contributed by atoms with Crippen LogP contribution in [0.15, 0.2) is 64.5 Å². The normalized spacial score (nSPS) is 11.1. The topological polar surface area (TPSA) is 96.7 Å². The lowest BCUT2D eigenvalue weighted by molar-refractivity contribution is 0.102. The first kappa shape index (κ1) is 17.3. The molecule has 0 fully saturated rings. The summed E-state index contributed by atoms with van der Waals surface area (Å²) in [6.45, 7) is 1.76. The Hall–Kier alpha value is -3.78. The molecular weight excluding hydrogens is 386 g/mol. The Kier molecular flexibility index (Phi) is 4.18. The lowest BCUT2D eigenvalue weighted by Crippen LogP contribution is -2.11. The van der Waals surface area contributed by atoms with Gasteiger partial charge in [-0.3, -0.25) is 4.79 Å². The summed E-state index contributed by atoms with van der Waals surface area (Å²) in [6, 6.07) is 16.7. The van der Waals surface area contributed by atoms with E-state index in [0.717, 1.165) is 27.3 Å². The molecule has 29 heavy (non-hydrogen) atoms. The molecule has 0 spiro atoms. The van der Waals surface area contributed by atoms with E-state index in [-0.39, 0.29) is 5.91 Å². The smallest absolute Gasteiger partial charge is 0.257 e. The third-order valence-electron chi connectivity index (χ3n) is 4.42. The Morgan fingerprint density at radius 2 is 1.97 bits per heavy atom. The van der Waals surface area contributed by atoms with E-state index in [1.165, 1.54) is 0 Å². The summed E-state index contributed by atoms with van der Waals surface area (Å²) in [5.41, 5.74) is 3.72. The highest BCUT2D eigenvalue weighted by Crippen LogP contribution is 2.26. The molecule has 0 aliphatic heterocycles. The van der Waals surface area contributed by atoms with Gasteiger partial charge in [-0.1, -0.05) is 11.2 Å². The number of nitrogens with one attached hydrogen (secondary N) is 2. The molecule has 3 aromatic heterocycles. The van der Waals surface area contributed by atoms with Crippen molar-refractivity contribution in [3.8, 4) is 22.2 Å². The molecular formula is C21H15N5O2S. The van der Waals surface area contributed by atoms with Gasteiger partial charge in [0.25, 0.3) is 11.8 Å². The Morgan fingerprint density at radius 1 is 1.10 bits per heavy atom. The number of H-pyrrole nitrogens is 1. The number of hydrogen-bond acceptors (Lipinski definition) is 6. The number of carbonyl (C=O) groups is 1. The lowest BCUT2D eigenvalue weighted by atomic mass is 10.1. The highest BCUT2D eigenvalue weighted by Gasteiger charge is 2.11. The number of nitrogens with zero attached hydrogens (tertiary/aromatic N) is 3. The van der Waals surface area contributed by atoms with Gasteiger partial charge in [0.15, 0.2) is 5.82 Å². The average Bonchev–Trinajstić information content (AvgIpc) is 3.48. The molecule has 1 amide bonds. The molecule has 0 atom stereocenters. The van der Waals surface area contributed by atoms with Crippen LogP contribution < -0.4 is 5.32 Å². The summed E-state index contributed by atoms with van der Waals surface area (Å²) in [4.78, 5) is 25.8. The second kappa shape index (κ2) is 6.99. The van der Waals surface area contributed by atoms with Crippen molar-refractivity contribution in [3.63, 3.8) is 0 Å². The number of aryl methyl sites for hydroxylation is 1. The number of anilines is 1. The van der Waals surface area contributed by atoms with E-state index >= 15 is 0 Å². The maximum Gasteiger partial charge on any atom is 0.257 e. The molecule has 8 heteroatoms. The average molecular weight is 401 g/mol. The van der Waals surface area contributed by atoms with Crippen LogP contribution in [0.4, 0.5) is 5.69 Å². The fourth-order valence-electron chi connectivity index (χ4n) is 3.00. The Labute approximate surface area is 169 Å². The van der Waals surface area contributed by atoms with Gasteiger partial charge in [-0.25, -0.2) is 4.98 Å². The zero-order valence-corrected chi connectivity index (χ0v) is 16.2. The van der Waals surface area contributed by atoms with Gasteiger partial charge in [-0.05, 0) is 60.8 Å². The zero-order chi connectivity index (χ0) is 19.8. The van der Waals surface area contributed by atoms with Gasteiger partial charge < -0.3 is 14.8 Å². The predicted molar refractivity (Wildman–Crippen MR) is 112 cm³/mol. The number of fused-ring (bicyclic) bond motifs is 1. The van der Waals surface area contributed by atoms with Crippen molar-refractivity contribution in [1.82, 2.24) is 20.1 Å². The molecule has 0 saturated heterocycles. The van der Waals surface area contributed by atoms with E-state index in [1.54, 1.807) is 42.5 Å². The largest absolute Gasteiger partial charge is 0.337 e. The van der Waals surface area contributed by atoms with Gasteiger partial charge in [-0.15, -0.1) is 11.3 Å². The minimum Gasteiger partial charge on any atom is -0.337 e. The summed E-state index contributed by atoms with van der Waals surface area (Å²) >= 11 is 1.63. The van der Waals surface area contributed by atoms with Gasteiger partial charge in [-0.2, -0.15) is 4.98 Å². The Balaban J connectivity index is 1.35. The number of rotatable bonds is 4. The number of aromatic amines is 1. The molecule has 0 saturated carbocycles. The van der Waals surface area contributed by atoms with Crippen molar-refractivity contribution >= 4 is 34.0 Å². The first-order chi connectivity index (χ1) is 14.2. The monoisotopic (exact) mass is 401 g/mol. The molecule has 0 radical (unpaired) electrons. The molecule has 0 bridgehead atoms. The standard InChI is InChI=1S/C21H15N5O2S/c1-12-22-21(28-26-12)14-6-4-13(5-7-14)20(27)23-15-8-9-16-17(11-15)25-19(24-16)18-3-2-10-29-18/h2-11H,1H3,(H,23,27)(H,24,25). The van der Waals surface area contributed by atoms with Gasteiger partial charge in [0.2, 0.25) is 0 Å². The van der Waals surface area contributed by atoms with Gasteiger partial charge in [0.05, 0.1) is 15.9 Å². The molecule has 0 aliphatic rings. The van der Waals surface area contributed by atoms with Crippen LogP contribution in [0.25, 0.3) is 33.2 Å². The van der Waals surface area contributed by atoms with Crippen LogP contribution in [0, 0.1) is 6.92 Å². The van der Waals surface area contributed by atoms with Crippen molar-refractivity contribution < 1.29 is 9.32 Å². The number of carbonyl (C=O) groups excluding carboxylic acids is 1. The molecule has 5 aromatic rings. The molecule has 142 valence electrons. The number of thiophene rings is 1. The predicted octanol–water partition coefficient (Wildman–Crippen LogP) is 4.90. The van der Waals surface area contributed by atoms with Crippen LogP contribution in [0.1, 0.15) is 16.2 Å². The molecule has 5 rings (SSSR count). The van der Waals surface area contributed by atoms with E-state index < -0.39 is 0 Å². The van der Waals surface area contributed by atoms with Crippen LogP contribution in [0.2, 0.25) is 0 Å². The summed E-state index contributed by atoms with van der Waals surface area (Å²) in [6.07, 6.45) is 0.